The van der Waals surface area contributed by atoms with Crippen LogP contribution in [0.1, 0.15) is 47.1 Å². The van der Waals surface area contributed by atoms with E-state index < -0.39 is 0 Å². The molecule has 0 saturated carbocycles. The van der Waals surface area contributed by atoms with Crippen molar-refractivity contribution < 1.29 is 18.8 Å². The summed E-state index contributed by atoms with van der Waals surface area (Å²) in [5.41, 5.74) is 5.49. The third-order valence-electron chi connectivity index (χ3n) is 6.27. The Morgan fingerprint density at radius 3 is 2.52 bits per heavy atom. The van der Waals surface area contributed by atoms with Crippen LogP contribution in [0.5, 0.6) is 11.5 Å². The summed E-state index contributed by atoms with van der Waals surface area (Å²) in [7, 11) is 3.22. The molecule has 0 fully saturated rings. The molecule has 1 aliphatic carbocycles. The normalized spacial score (nSPS) is 20.0. The Kier molecular flexibility index (Phi) is 4.77. The number of allylic oxidation sites excluding steroid dienone is 2. The zero-order valence-corrected chi connectivity index (χ0v) is 17.8. The zero-order valence-electron chi connectivity index (χ0n) is 17.8. The van der Waals surface area contributed by atoms with E-state index in [2.05, 4.69) is 22.6 Å². The summed E-state index contributed by atoms with van der Waals surface area (Å²) in [5.74, 6) is 1.90. The van der Waals surface area contributed by atoms with Crippen LogP contribution in [0.15, 0.2) is 64.3 Å². The number of hydrogen-bond acceptors (Lipinski definition) is 6. The average molecular weight is 416 g/mol. The van der Waals surface area contributed by atoms with Gasteiger partial charge < -0.3 is 19.3 Å². The van der Waals surface area contributed by atoms with Gasteiger partial charge in [0.1, 0.15) is 0 Å². The highest BCUT2D eigenvalue weighted by molar-refractivity contribution is 6.01. The van der Waals surface area contributed by atoms with Crippen molar-refractivity contribution in [1.29, 1.82) is 0 Å². The fourth-order valence-corrected chi connectivity index (χ4v) is 4.80. The molecule has 0 radical (unpaired) electrons. The summed E-state index contributed by atoms with van der Waals surface area (Å²) >= 11 is 0. The lowest BCUT2D eigenvalue weighted by Crippen LogP contribution is -2.29. The first-order valence-corrected chi connectivity index (χ1v) is 10.4. The number of Topliss-reactive ketones (excluding diaryl/α,β-unsaturated/α-hetero) is 1. The second-order valence-electron chi connectivity index (χ2n) is 8.01. The lowest BCUT2D eigenvalue weighted by molar-refractivity contribution is -0.116. The number of nitrogens with one attached hydrogen (secondary N) is 1. The SMILES string of the molecule is COc1ccc(C2C3=C(CC(c4ccccc4)CC3=O)Nc3onc(C)c32)cc1OC. The van der Waals surface area contributed by atoms with Crippen molar-refractivity contribution in [3.63, 3.8) is 0 Å². The molecule has 6 heteroatoms. The molecule has 0 saturated heterocycles. The van der Waals surface area contributed by atoms with Gasteiger partial charge in [0.15, 0.2) is 17.3 Å². The lowest BCUT2D eigenvalue weighted by Gasteiger charge is -2.34. The van der Waals surface area contributed by atoms with E-state index in [0.717, 1.165) is 34.5 Å². The van der Waals surface area contributed by atoms with E-state index in [1.54, 1.807) is 14.2 Å². The van der Waals surface area contributed by atoms with Crippen molar-refractivity contribution in [2.45, 2.75) is 31.6 Å². The molecule has 2 unspecified atom stereocenters. The Morgan fingerprint density at radius 1 is 1.00 bits per heavy atom. The molecule has 1 aliphatic heterocycles. The molecule has 2 heterocycles. The summed E-state index contributed by atoms with van der Waals surface area (Å²) in [6.45, 7) is 1.91. The van der Waals surface area contributed by atoms with Gasteiger partial charge in [0.25, 0.3) is 0 Å². The van der Waals surface area contributed by atoms with Crippen LogP contribution >= 0.6 is 0 Å². The van der Waals surface area contributed by atoms with Gasteiger partial charge in [-0.25, -0.2) is 0 Å². The minimum absolute atomic E-state index is 0.136. The highest BCUT2D eigenvalue weighted by Gasteiger charge is 2.41. The van der Waals surface area contributed by atoms with Gasteiger partial charge in [0, 0.05) is 23.6 Å². The number of benzene rings is 2. The van der Waals surface area contributed by atoms with Gasteiger partial charge >= 0.3 is 0 Å². The Hall–Kier alpha value is -3.54. The molecule has 2 atom stereocenters. The van der Waals surface area contributed by atoms with E-state index in [1.165, 1.54) is 5.56 Å². The number of ether oxygens (including phenoxy) is 2. The molecular formula is C25H24N2O4. The Balaban J connectivity index is 1.63. The van der Waals surface area contributed by atoms with Gasteiger partial charge in [0.2, 0.25) is 5.88 Å². The minimum Gasteiger partial charge on any atom is -0.493 e. The summed E-state index contributed by atoms with van der Waals surface area (Å²) in [4.78, 5) is 13.5. The third kappa shape index (κ3) is 3.19. The maximum atomic E-state index is 13.5. The van der Waals surface area contributed by atoms with Crippen LogP contribution in [0.2, 0.25) is 0 Å². The second kappa shape index (κ2) is 7.61. The van der Waals surface area contributed by atoms with Crippen LogP contribution in [0.25, 0.3) is 0 Å². The Bertz CT molecular complexity index is 1180. The van der Waals surface area contributed by atoms with Crippen molar-refractivity contribution in [3.05, 3.63) is 82.2 Å². The molecule has 6 nitrogen and oxygen atoms in total. The number of aryl methyl sites for hydroxylation is 1. The molecule has 1 aromatic heterocycles. The number of fused-ring (bicyclic) bond motifs is 1. The van der Waals surface area contributed by atoms with E-state index in [4.69, 9.17) is 14.0 Å². The topological polar surface area (TPSA) is 73.6 Å². The molecule has 2 aliphatic rings. The molecule has 31 heavy (non-hydrogen) atoms. The van der Waals surface area contributed by atoms with E-state index in [-0.39, 0.29) is 17.6 Å². The van der Waals surface area contributed by atoms with Gasteiger partial charge in [-0.3, -0.25) is 4.79 Å². The highest BCUT2D eigenvalue weighted by Crippen LogP contribution is 2.49. The number of nitrogens with zero attached hydrogens (tertiary/aromatic N) is 1. The second-order valence-corrected chi connectivity index (χ2v) is 8.01. The van der Waals surface area contributed by atoms with Crippen molar-refractivity contribution in [2.24, 2.45) is 0 Å². The third-order valence-corrected chi connectivity index (χ3v) is 6.27. The number of rotatable bonds is 4. The highest BCUT2D eigenvalue weighted by atomic mass is 16.5. The van der Waals surface area contributed by atoms with Crippen LogP contribution < -0.4 is 14.8 Å². The number of carbonyl (C=O) groups is 1. The van der Waals surface area contributed by atoms with Crippen LogP contribution in [-0.2, 0) is 4.79 Å². The van der Waals surface area contributed by atoms with Crippen LogP contribution in [0.4, 0.5) is 5.88 Å². The van der Waals surface area contributed by atoms with Crippen LogP contribution in [0, 0.1) is 6.92 Å². The van der Waals surface area contributed by atoms with Crippen molar-refractivity contribution >= 4 is 11.7 Å². The fraction of sp³-hybridized carbons (Fsp3) is 0.280. The van der Waals surface area contributed by atoms with Gasteiger partial charge in [-0.1, -0.05) is 41.6 Å². The smallest absolute Gasteiger partial charge is 0.233 e. The van der Waals surface area contributed by atoms with E-state index in [0.29, 0.717) is 23.8 Å². The molecular weight excluding hydrogens is 392 g/mol. The number of methoxy groups -OCH3 is 2. The van der Waals surface area contributed by atoms with Gasteiger partial charge in [0.05, 0.1) is 25.5 Å². The molecule has 3 aromatic rings. The van der Waals surface area contributed by atoms with Crippen LogP contribution in [0.3, 0.4) is 0 Å². The number of hydrogen-bond donors (Lipinski definition) is 1. The number of carbonyl (C=O) groups excluding carboxylic acids is 1. The summed E-state index contributed by atoms with van der Waals surface area (Å²) < 4.78 is 16.5. The summed E-state index contributed by atoms with van der Waals surface area (Å²) in [5, 5.41) is 7.55. The van der Waals surface area contributed by atoms with E-state index >= 15 is 0 Å². The predicted molar refractivity (Wildman–Crippen MR) is 117 cm³/mol. The maximum Gasteiger partial charge on any atom is 0.233 e. The standard InChI is InChI=1S/C25H24N2O4/c1-14-22-23(16-9-10-20(29-2)21(13-16)30-3)24-18(26-25(22)31-27-14)11-17(12-19(24)28)15-7-5-4-6-8-15/h4-10,13,17,23,26H,11-12H2,1-3H3. The van der Waals surface area contributed by atoms with Crippen molar-refractivity contribution in [2.75, 3.05) is 19.5 Å². The van der Waals surface area contributed by atoms with E-state index in [1.807, 2.05) is 43.3 Å². The first-order chi connectivity index (χ1) is 15.1. The Labute approximate surface area is 180 Å². The van der Waals surface area contributed by atoms with Crippen molar-refractivity contribution in [3.8, 4) is 11.5 Å². The van der Waals surface area contributed by atoms with Crippen molar-refractivity contribution in [1.82, 2.24) is 5.16 Å². The van der Waals surface area contributed by atoms with Crippen LogP contribution in [-0.4, -0.2) is 25.2 Å². The molecule has 0 spiro atoms. The van der Waals surface area contributed by atoms with E-state index in [9.17, 15) is 4.79 Å². The molecule has 5 rings (SSSR count). The molecule has 0 amide bonds. The first-order valence-electron chi connectivity index (χ1n) is 10.4. The molecule has 158 valence electrons. The Morgan fingerprint density at radius 2 is 1.77 bits per heavy atom. The summed E-state index contributed by atoms with van der Waals surface area (Å²) in [6, 6.07) is 16.0. The molecule has 0 bridgehead atoms. The first kappa shape index (κ1) is 19.4. The monoisotopic (exact) mass is 416 g/mol. The summed E-state index contributed by atoms with van der Waals surface area (Å²) in [6.07, 6.45) is 1.22. The fourth-order valence-electron chi connectivity index (χ4n) is 4.80. The lowest BCUT2D eigenvalue weighted by atomic mass is 9.72. The predicted octanol–water partition coefficient (Wildman–Crippen LogP) is 4.96. The molecule has 2 aromatic carbocycles. The quantitative estimate of drug-likeness (QED) is 0.648. The maximum absolute atomic E-state index is 13.5. The van der Waals surface area contributed by atoms with Gasteiger partial charge in [-0.15, -0.1) is 0 Å². The number of aromatic nitrogens is 1. The minimum atomic E-state index is -0.262. The largest absolute Gasteiger partial charge is 0.493 e. The van der Waals surface area contributed by atoms with Gasteiger partial charge in [-0.2, -0.15) is 0 Å². The number of ketones is 1. The van der Waals surface area contributed by atoms with Gasteiger partial charge in [-0.05, 0) is 42.5 Å². The number of anilines is 1. The average Bonchev–Trinajstić information content (AvgIpc) is 3.17. The molecule has 1 N–H and O–H groups in total. The zero-order chi connectivity index (χ0) is 21.5.